The van der Waals surface area contributed by atoms with E-state index in [4.69, 9.17) is 4.74 Å². The van der Waals surface area contributed by atoms with Crippen LogP contribution in [0.1, 0.15) is 25.7 Å². The zero-order valence-electron chi connectivity index (χ0n) is 17.0. The highest BCUT2D eigenvalue weighted by Gasteiger charge is 2.35. The number of piperidine rings is 1. The van der Waals surface area contributed by atoms with Gasteiger partial charge in [0.2, 0.25) is 5.91 Å². The SMILES string of the molecule is O=C(C1CC1)N1CCC(Oc2ccc(-c3ccnc(-c4ccccc4)c3)cc2)CC1. The maximum atomic E-state index is 12.2. The number of rotatable bonds is 5. The van der Waals surface area contributed by atoms with Crippen molar-refractivity contribution in [2.75, 3.05) is 13.1 Å². The first kappa shape index (κ1) is 18.9. The van der Waals surface area contributed by atoms with Gasteiger partial charge >= 0.3 is 0 Å². The molecule has 0 radical (unpaired) electrons. The maximum absolute atomic E-state index is 12.2. The van der Waals surface area contributed by atoms with Crippen LogP contribution in [0.15, 0.2) is 72.9 Å². The number of benzene rings is 2. The molecule has 1 aliphatic carbocycles. The smallest absolute Gasteiger partial charge is 0.225 e. The van der Waals surface area contributed by atoms with Crippen LogP contribution in [0.2, 0.25) is 0 Å². The van der Waals surface area contributed by atoms with Crippen molar-refractivity contribution in [3.05, 3.63) is 72.9 Å². The standard InChI is InChI=1S/C26H26N2O2/c29-26(21-6-7-21)28-16-13-24(14-17-28)30-23-10-8-19(9-11-23)22-12-15-27-25(18-22)20-4-2-1-3-5-20/h1-5,8-12,15,18,21,24H,6-7,13-14,16-17H2. The summed E-state index contributed by atoms with van der Waals surface area (Å²) in [5.41, 5.74) is 4.38. The van der Waals surface area contributed by atoms with E-state index in [0.29, 0.717) is 11.8 Å². The van der Waals surface area contributed by atoms with Gasteiger partial charge in [-0.1, -0.05) is 42.5 Å². The molecule has 4 nitrogen and oxygen atoms in total. The maximum Gasteiger partial charge on any atom is 0.225 e. The van der Waals surface area contributed by atoms with Gasteiger partial charge < -0.3 is 9.64 Å². The van der Waals surface area contributed by atoms with E-state index in [1.54, 1.807) is 0 Å². The summed E-state index contributed by atoms with van der Waals surface area (Å²) < 4.78 is 6.19. The Hall–Kier alpha value is -3.14. The molecule has 152 valence electrons. The third-order valence-electron chi connectivity index (χ3n) is 6.00. The molecular weight excluding hydrogens is 372 g/mol. The topological polar surface area (TPSA) is 42.4 Å². The van der Waals surface area contributed by atoms with Crippen molar-refractivity contribution in [1.29, 1.82) is 0 Å². The molecule has 0 N–H and O–H groups in total. The van der Waals surface area contributed by atoms with Crippen LogP contribution < -0.4 is 4.74 Å². The Morgan fingerprint density at radius 1 is 0.833 bits per heavy atom. The number of pyridine rings is 1. The Labute approximate surface area is 177 Å². The van der Waals surface area contributed by atoms with Crippen LogP contribution in [-0.4, -0.2) is 35.0 Å². The van der Waals surface area contributed by atoms with Gasteiger partial charge in [0.05, 0.1) is 5.69 Å². The van der Waals surface area contributed by atoms with E-state index < -0.39 is 0 Å². The third-order valence-corrected chi connectivity index (χ3v) is 6.00. The van der Waals surface area contributed by atoms with Crippen molar-refractivity contribution in [3.8, 4) is 28.1 Å². The fourth-order valence-corrected chi connectivity index (χ4v) is 4.08. The van der Waals surface area contributed by atoms with Crippen LogP contribution in [0.25, 0.3) is 22.4 Å². The molecule has 2 heterocycles. The highest BCUT2D eigenvalue weighted by molar-refractivity contribution is 5.81. The summed E-state index contributed by atoms with van der Waals surface area (Å²) in [5.74, 6) is 1.55. The molecule has 1 saturated heterocycles. The number of likely N-dealkylation sites (tertiary alicyclic amines) is 1. The second-order valence-corrected chi connectivity index (χ2v) is 8.24. The van der Waals surface area contributed by atoms with E-state index in [1.807, 2.05) is 47.5 Å². The number of ether oxygens (including phenoxy) is 1. The van der Waals surface area contributed by atoms with Crippen LogP contribution in [-0.2, 0) is 4.79 Å². The lowest BCUT2D eigenvalue weighted by molar-refractivity contribution is -0.134. The number of aromatic nitrogens is 1. The monoisotopic (exact) mass is 398 g/mol. The normalized spacial score (nSPS) is 17.0. The van der Waals surface area contributed by atoms with Crippen molar-refractivity contribution in [2.24, 2.45) is 5.92 Å². The Balaban J connectivity index is 1.22. The lowest BCUT2D eigenvalue weighted by Gasteiger charge is -2.32. The number of hydrogen-bond acceptors (Lipinski definition) is 3. The summed E-state index contributed by atoms with van der Waals surface area (Å²) in [6.45, 7) is 1.63. The van der Waals surface area contributed by atoms with Gasteiger partial charge in [-0.2, -0.15) is 0 Å². The van der Waals surface area contributed by atoms with E-state index in [1.165, 1.54) is 0 Å². The number of amides is 1. The molecule has 1 aromatic heterocycles. The largest absolute Gasteiger partial charge is 0.490 e. The predicted octanol–water partition coefficient (Wildman–Crippen LogP) is 5.20. The molecule has 4 heteroatoms. The summed E-state index contributed by atoms with van der Waals surface area (Å²) >= 11 is 0. The summed E-state index contributed by atoms with van der Waals surface area (Å²) in [6, 6.07) is 22.7. The molecule has 0 atom stereocenters. The van der Waals surface area contributed by atoms with Gasteiger partial charge in [0.1, 0.15) is 11.9 Å². The van der Waals surface area contributed by atoms with E-state index in [2.05, 4.69) is 35.3 Å². The zero-order valence-corrected chi connectivity index (χ0v) is 17.0. The molecule has 30 heavy (non-hydrogen) atoms. The van der Waals surface area contributed by atoms with Gasteiger partial charge in [-0.15, -0.1) is 0 Å². The van der Waals surface area contributed by atoms with Crippen LogP contribution in [0.4, 0.5) is 0 Å². The molecule has 0 spiro atoms. The van der Waals surface area contributed by atoms with Crippen molar-refractivity contribution in [1.82, 2.24) is 9.88 Å². The molecular formula is C26H26N2O2. The molecule has 1 aliphatic heterocycles. The summed E-state index contributed by atoms with van der Waals surface area (Å²) in [6.07, 6.45) is 6.01. The van der Waals surface area contributed by atoms with Gasteiger partial charge in [-0.25, -0.2) is 0 Å². The summed E-state index contributed by atoms with van der Waals surface area (Å²) in [7, 11) is 0. The van der Waals surface area contributed by atoms with Crippen molar-refractivity contribution in [2.45, 2.75) is 31.8 Å². The highest BCUT2D eigenvalue weighted by Crippen LogP contribution is 2.32. The first-order valence-electron chi connectivity index (χ1n) is 10.8. The van der Waals surface area contributed by atoms with Crippen LogP contribution in [0.3, 0.4) is 0 Å². The van der Waals surface area contributed by atoms with E-state index in [-0.39, 0.29) is 6.10 Å². The van der Waals surface area contributed by atoms with E-state index >= 15 is 0 Å². The van der Waals surface area contributed by atoms with E-state index in [9.17, 15) is 4.79 Å². The number of nitrogens with zero attached hydrogens (tertiary/aromatic N) is 2. The molecule has 1 saturated carbocycles. The highest BCUT2D eigenvalue weighted by atomic mass is 16.5. The minimum absolute atomic E-state index is 0.185. The molecule has 2 aromatic carbocycles. The minimum atomic E-state index is 0.185. The lowest BCUT2D eigenvalue weighted by Crippen LogP contribution is -2.42. The van der Waals surface area contributed by atoms with Crippen molar-refractivity contribution in [3.63, 3.8) is 0 Å². The number of hydrogen-bond donors (Lipinski definition) is 0. The zero-order chi connectivity index (χ0) is 20.3. The van der Waals surface area contributed by atoms with Gasteiger partial charge in [0.15, 0.2) is 0 Å². The van der Waals surface area contributed by atoms with Crippen LogP contribution in [0, 0.1) is 5.92 Å². The average Bonchev–Trinajstić information content (AvgIpc) is 3.66. The van der Waals surface area contributed by atoms with Gasteiger partial charge in [-0.05, 0) is 48.2 Å². The van der Waals surface area contributed by atoms with Crippen LogP contribution >= 0.6 is 0 Å². The first-order valence-corrected chi connectivity index (χ1v) is 10.8. The van der Waals surface area contributed by atoms with Crippen LogP contribution in [0.5, 0.6) is 5.75 Å². The van der Waals surface area contributed by atoms with Gasteiger partial charge in [0, 0.05) is 43.6 Å². The second kappa shape index (κ2) is 8.31. The number of carbonyl (C=O) groups is 1. The second-order valence-electron chi connectivity index (χ2n) is 8.24. The first-order chi connectivity index (χ1) is 14.8. The Bertz CT molecular complexity index is 1000. The average molecular weight is 399 g/mol. The van der Waals surface area contributed by atoms with Crippen molar-refractivity contribution < 1.29 is 9.53 Å². The third kappa shape index (κ3) is 4.23. The molecule has 2 aliphatic rings. The lowest BCUT2D eigenvalue weighted by atomic mass is 10.0. The molecule has 5 rings (SSSR count). The molecule has 1 amide bonds. The van der Waals surface area contributed by atoms with Gasteiger partial charge in [-0.3, -0.25) is 9.78 Å². The van der Waals surface area contributed by atoms with E-state index in [0.717, 1.165) is 66.9 Å². The Kier molecular flexibility index (Phi) is 5.22. The Morgan fingerprint density at radius 2 is 1.57 bits per heavy atom. The summed E-state index contributed by atoms with van der Waals surface area (Å²) in [4.78, 5) is 18.7. The molecule has 3 aromatic rings. The summed E-state index contributed by atoms with van der Waals surface area (Å²) in [5, 5.41) is 0. The minimum Gasteiger partial charge on any atom is -0.490 e. The van der Waals surface area contributed by atoms with Crippen molar-refractivity contribution >= 4 is 5.91 Å². The Morgan fingerprint density at radius 3 is 2.27 bits per heavy atom. The quantitative estimate of drug-likeness (QED) is 0.594. The predicted molar refractivity (Wildman–Crippen MR) is 118 cm³/mol. The molecule has 2 fully saturated rings. The van der Waals surface area contributed by atoms with Gasteiger partial charge in [0.25, 0.3) is 0 Å². The number of carbonyl (C=O) groups excluding carboxylic acids is 1. The fraction of sp³-hybridized carbons (Fsp3) is 0.308. The fourth-order valence-electron chi connectivity index (χ4n) is 4.08. The molecule has 0 bridgehead atoms. The molecule has 0 unspecified atom stereocenters.